The molecule has 0 atom stereocenters. The van der Waals surface area contributed by atoms with E-state index in [1.807, 2.05) is 35.0 Å². The third kappa shape index (κ3) is 3.07. The molecule has 0 bridgehead atoms. The number of thiophene rings is 1. The number of carbonyl (C=O) groups excluding carboxylic acids is 1. The molecule has 0 saturated heterocycles. The van der Waals surface area contributed by atoms with Crippen LogP contribution in [-0.2, 0) is 6.54 Å². The fourth-order valence-corrected chi connectivity index (χ4v) is 3.47. The van der Waals surface area contributed by atoms with Gasteiger partial charge in [0.05, 0.1) is 11.4 Å². The molecule has 0 aliphatic carbocycles. The highest BCUT2D eigenvalue weighted by atomic mass is 32.1. The Morgan fingerprint density at radius 1 is 1.16 bits per heavy atom. The Bertz CT molecular complexity index is 1020. The van der Waals surface area contributed by atoms with E-state index in [1.54, 1.807) is 17.5 Å². The molecule has 0 radical (unpaired) electrons. The molecule has 3 aromatic heterocycles. The van der Waals surface area contributed by atoms with Gasteiger partial charge in [0.25, 0.3) is 0 Å². The van der Waals surface area contributed by atoms with Crippen LogP contribution in [0.25, 0.3) is 21.1 Å². The molecule has 0 unspecified atom stereocenters. The lowest BCUT2D eigenvalue weighted by Gasteiger charge is -2.02. The molecule has 0 aliphatic heterocycles. The lowest BCUT2D eigenvalue weighted by atomic mass is 10.2. The third-order valence-corrected chi connectivity index (χ3v) is 4.72. The van der Waals surface area contributed by atoms with Crippen LogP contribution in [-0.4, -0.2) is 25.6 Å². The van der Waals surface area contributed by atoms with Crippen molar-refractivity contribution in [3.05, 3.63) is 66.6 Å². The molecule has 0 saturated carbocycles. The maximum atomic E-state index is 11.1. The van der Waals surface area contributed by atoms with E-state index in [4.69, 9.17) is 10.3 Å². The number of primary amides is 1. The number of hydrogen-bond acceptors (Lipinski definition) is 6. The SMILES string of the molecule is NC(=O)c1nc(Cn2ccnc2-c2ccc(-c3ccccc3)s2)no1. The molecule has 3 heterocycles. The van der Waals surface area contributed by atoms with Crippen molar-refractivity contribution >= 4 is 17.2 Å². The molecule has 1 amide bonds. The highest BCUT2D eigenvalue weighted by Crippen LogP contribution is 2.33. The normalized spacial score (nSPS) is 10.9. The zero-order chi connectivity index (χ0) is 17.2. The highest BCUT2D eigenvalue weighted by molar-refractivity contribution is 7.18. The first-order chi connectivity index (χ1) is 12.2. The third-order valence-electron chi connectivity index (χ3n) is 3.59. The summed E-state index contributed by atoms with van der Waals surface area (Å²) in [6.45, 7) is 0.338. The molecule has 1 aromatic carbocycles. The van der Waals surface area contributed by atoms with E-state index in [0.29, 0.717) is 12.4 Å². The van der Waals surface area contributed by atoms with Crippen molar-refractivity contribution in [2.45, 2.75) is 6.54 Å². The second-order valence-corrected chi connectivity index (χ2v) is 6.37. The van der Waals surface area contributed by atoms with Crippen molar-refractivity contribution < 1.29 is 9.32 Å². The Balaban J connectivity index is 1.61. The number of imidazole rings is 1. The first-order valence-corrected chi connectivity index (χ1v) is 8.31. The van der Waals surface area contributed by atoms with Crippen LogP contribution in [0, 0.1) is 0 Å². The lowest BCUT2D eigenvalue weighted by molar-refractivity contribution is 0.0958. The van der Waals surface area contributed by atoms with Gasteiger partial charge in [-0.1, -0.05) is 35.5 Å². The summed E-state index contributed by atoms with van der Waals surface area (Å²) in [6.07, 6.45) is 3.55. The van der Waals surface area contributed by atoms with Crippen molar-refractivity contribution in [3.63, 3.8) is 0 Å². The Hall–Kier alpha value is -3.26. The lowest BCUT2D eigenvalue weighted by Crippen LogP contribution is -2.11. The molecule has 4 aromatic rings. The fraction of sp³-hybridized carbons (Fsp3) is 0.0588. The van der Waals surface area contributed by atoms with E-state index in [2.05, 4.69) is 33.3 Å². The van der Waals surface area contributed by atoms with E-state index in [-0.39, 0.29) is 5.89 Å². The summed E-state index contributed by atoms with van der Waals surface area (Å²) in [5.41, 5.74) is 6.29. The van der Waals surface area contributed by atoms with Gasteiger partial charge in [0.15, 0.2) is 5.82 Å². The van der Waals surface area contributed by atoms with Crippen LogP contribution < -0.4 is 5.73 Å². The van der Waals surface area contributed by atoms with Crippen LogP contribution in [0.1, 0.15) is 16.5 Å². The monoisotopic (exact) mass is 351 g/mol. The number of hydrogen-bond donors (Lipinski definition) is 1. The van der Waals surface area contributed by atoms with E-state index in [9.17, 15) is 4.79 Å². The predicted molar refractivity (Wildman–Crippen MR) is 92.9 cm³/mol. The minimum absolute atomic E-state index is 0.195. The van der Waals surface area contributed by atoms with Crippen LogP contribution in [0.5, 0.6) is 0 Å². The fourth-order valence-electron chi connectivity index (χ4n) is 2.45. The molecule has 4 rings (SSSR count). The average Bonchev–Trinajstić information content (AvgIpc) is 3.36. The van der Waals surface area contributed by atoms with Crippen LogP contribution >= 0.6 is 11.3 Å². The molecule has 124 valence electrons. The van der Waals surface area contributed by atoms with Gasteiger partial charge in [0, 0.05) is 17.3 Å². The first kappa shape index (κ1) is 15.3. The van der Waals surface area contributed by atoms with Gasteiger partial charge < -0.3 is 14.8 Å². The van der Waals surface area contributed by atoms with Gasteiger partial charge in [-0.25, -0.2) is 4.98 Å². The smallest absolute Gasteiger partial charge is 0.315 e. The van der Waals surface area contributed by atoms with Crippen molar-refractivity contribution in [3.8, 4) is 21.1 Å². The molecule has 2 N–H and O–H groups in total. The zero-order valence-corrected chi connectivity index (χ0v) is 13.8. The molecule has 7 nitrogen and oxygen atoms in total. The number of nitrogens with two attached hydrogens (primary N) is 1. The quantitative estimate of drug-likeness (QED) is 0.596. The van der Waals surface area contributed by atoms with E-state index in [0.717, 1.165) is 10.7 Å². The van der Waals surface area contributed by atoms with Crippen LogP contribution in [0.2, 0.25) is 0 Å². The Kier molecular flexibility index (Phi) is 3.87. The summed E-state index contributed by atoms with van der Waals surface area (Å²) in [5.74, 6) is 0.236. The van der Waals surface area contributed by atoms with Gasteiger partial charge in [-0.2, -0.15) is 4.98 Å². The number of aromatic nitrogens is 4. The second-order valence-electron chi connectivity index (χ2n) is 5.29. The van der Waals surface area contributed by atoms with Gasteiger partial charge in [-0.05, 0) is 17.7 Å². The van der Waals surface area contributed by atoms with Crippen molar-refractivity contribution in [1.82, 2.24) is 19.7 Å². The summed E-state index contributed by atoms with van der Waals surface area (Å²) in [6, 6.07) is 14.3. The molecular formula is C17H13N5O2S. The standard InChI is InChI=1S/C17H13N5O2S/c18-15(23)17-20-14(21-24-17)10-22-9-8-19-16(22)13-7-6-12(25-13)11-4-2-1-3-5-11/h1-9H,10H2,(H2,18,23). The van der Waals surface area contributed by atoms with E-state index in [1.165, 1.54) is 10.4 Å². The summed E-state index contributed by atoms with van der Waals surface area (Å²) in [5, 5.41) is 3.77. The summed E-state index contributed by atoms with van der Waals surface area (Å²) < 4.78 is 6.71. The Morgan fingerprint density at radius 3 is 2.72 bits per heavy atom. The number of rotatable bonds is 5. The van der Waals surface area contributed by atoms with Crippen LogP contribution in [0.4, 0.5) is 0 Å². The predicted octanol–water partition coefficient (Wildman–Crippen LogP) is 2.81. The second kappa shape index (κ2) is 6.33. The van der Waals surface area contributed by atoms with Crippen molar-refractivity contribution in [1.29, 1.82) is 0 Å². The van der Waals surface area contributed by atoms with Crippen molar-refractivity contribution in [2.24, 2.45) is 5.73 Å². The highest BCUT2D eigenvalue weighted by Gasteiger charge is 2.15. The minimum atomic E-state index is -0.740. The van der Waals surface area contributed by atoms with Gasteiger partial charge in [-0.3, -0.25) is 4.79 Å². The van der Waals surface area contributed by atoms with Crippen LogP contribution in [0.15, 0.2) is 59.4 Å². The van der Waals surface area contributed by atoms with E-state index < -0.39 is 5.91 Å². The Labute approximate surface area is 146 Å². The minimum Gasteiger partial charge on any atom is -0.361 e. The van der Waals surface area contributed by atoms with Crippen LogP contribution in [0.3, 0.4) is 0 Å². The maximum Gasteiger partial charge on any atom is 0.315 e. The van der Waals surface area contributed by atoms with Gasteiger partial charge in [0.2, 0.25) is 0 Å². The van der Waals surface area contributed by atoms with Gasteiger partial charge in [-0.15, -0.1) is 11.3 Å². The summed E-state index contributed by atoms with van der Waals surface area (Å²) in [7, 11) is 0. The van der Waals surface area contributed by atoms with E-state index >= 15 is 0 Å². The molecule has 0 fully saturated rings. The summed E-state index contributed by atoms with van der Waals surface area (Å²) >= 11 is 1.66. The molecule has 8 heteroatoms. The number of benzene rings is 1. The Morgan fingerprint density at radius 2 is 1.96 bits per heavy atom. The zero-order valence-electron chi connectivity index (χ0n) is 13.0. The molecule has 0 spiro atoms. The molecule has 0 aliphatic rings. The molecular weight excluding hydrogens is 338 g/mol. The number of amides is 1. The maximum absolute atomic E-state index is 11.1. The average molecular weight is 351 g/mol. The van der Waals surface area contributed by atoms with Gasteiger partial charge in [0.1, 0.15) is 5.82 Å². The topological polar surface area (TPSA) is 99.8 Å². The number of carbonyl (C=O) groups is 1. The largest absolute Gasteiger partial charge is 0.361 e. The van der Waals surface area contributed by atoms with Gasteiger partial charge >= 0.3 is 11.8 Å². The number of nitrogens with zero attached hydrogens (tertiary/aromatic N) is 4. The van der Waals surface area contributed by atoms with Crippen molar-refractivity contribution in [2.75, 3.05) is 0 Å². The first-order valence-electron chi connectivity index (χ1n) is 7.50. The molecule has 25 heavy (non-hydrogen) atoms. The summed E-state index contributed by atoms with van der Waals surface area (Å²) in [4.78, 5) is 21.7.